The van der Waals surface area contributed by atoms with Gasteiger partial charge in [-0.25, -0.2) is 8.42 Å². The molecule has 3 aromatic rings. The molecule has 8 heteroatoms. The van der Waals surface area contributed by atoms with Gasteiger partial charge >= 0.3 is 0 Å². The Kier molecular flexibility index (Phi) is 9.92. The highest BCUT2D eigenvalue weighted by atomic mass is 32.2. The SMILES string of the molecule is Cc1ccccc1CN(C(=O)CN(c1cccc(C)c1C)S(C)(=O)=O)[C@H](Cc1ccccc1)C(=O)NC(C)C. The largest absolute Gasteiger partial charge is 0.352 e. The van der Waals surface area contributed by atoms with E-state index in [1.54, 1.807) is 12.1 Å². The van der Waals surface area contributed by atoms with Gasteiger partial charge in [0.2, 0.25) is 21.8 Å². The summed E-state index contributed by atoms with van der Waals surface area (Å²) in [7, 11) is -3.81. The van der Waals surface area contributed by atoms with Gasteiger partial charge < -0.3 is 10.2 Å². The predicted molar refractivity (Wildman–Crippen MR) is 157 cm³/mol. The summed E-state index contributed by atoms with van der Waals surface area (Å²) in [6, 6.07) is 21.6. The van der Waals surface area contributed by atoms with Gasteiger partial charge in [-0.1, -0.05) is 66.7 Å². The van der Waals surface area contributed by atoms with Crippen molar-refractivity contribution in [2.45, 2.75) is 59.7 Å². The molecule has 0 spiro atoms. The minimum atomic E-state index is -3.81. The Labute approximate surface area is 232 Å². The summed E-state index contributed by atoms with van der Waals surface area (Å²) in [5, 5.41) is 2.97. The molecule has 0 bridgehead atoms. The monoisotopic (exact) mass is 549 g/mol. The Morgan fingerprint density at radius 1 is 0.846 bits per heavy atom. The molecule has 0 aliphatic rings. The number of aryl methyl sites for hydroxylation is 2. The van der Waals surface area contributed by atoms with E-state index in [1.807, 2.05) is 95.3 Å². The lowest BCUT2D eigenvalue weighted by atomic mass is 10.0. The fourth-order valence-electron chi connectivity index (χ4n) is 4.51. The van der Waals surface area contributed by atoms with Crippen molar-refractivity contribution in [2.24, 2.45) is 0 Å². The molecule has 39 heavy (non-hydrogen) atoms. The predicted octanol–water partition coefficient (Wildman–Crippen LogP) is 4.54. The molecule has 0 aliphatic heterocycles. The summed E-state index contributed by atoms with van der Waals surface area (Å²) in [5.41, 5.74) is 4.92. The van der Waals surface area contributed by atoms with Crippen LogP contribution < -0.4 is 9.62 Å². The highest BCUT2D eigenvalue weighted by Crippen LogP contribution is 2.26. The lowest BCUT2D eigenvalue weighted by Gasteiger charge is -2.34. The molecule has 3 aromatic carbocycles. The van der Waals surface area contributed by atoms with E-state index in [0.29, 0.717) is 12.1 Å². The molecule has 2 amide bonds. The fraction of sp³-hybridized carbons (Fsp3) is 0.355. The Hall–Kier alpha value is -3.65. The first kappa shape index (κ1) is 29.9. The van der Waals surface area contributed by atoms with Crippen LogP contribution in [0.2, 0.25) is 0 Å². The Morgan fingerprint density at radius 2 is 1.46 bits per heavy atom. The molecule has 1 atom stereocenters. The number of carbonyl (C=O) groups excluding carboxylic acids is 2. The molecule has 0 aliphatic carbocycles. The van der Waals surface area contributed by atoms with Gasteiger partial charge in [0.05, 0.1) is 11.9 Å². The van der Waals surface area contributed by atoms with Crippen molar-refractivity contribution in [1.82, 2.24) is 10.2 Å². The number of nitrogens with zero attached hydrogens (tertiary/aromatic N) is 2. The van der Waals surface area contributed by atoms with Gasteiger partial charge in [0, 0.05) is 19.0 Å². The molecule has 0 heterocycles. The van der Waals surface area contributed by atoms with Crippen molar-refractivity contribution >= 4 is 27.5 Å². The van der Waals surface area contributed by atoms with Crippen LogP contribution in [0.1, 0.15) is 41.7 Å². The third-order valence-corrected chi connectivity index (χ3v) is 7.95. The van der Waals surface area contributed by atoms with E-state index in [2.05, 4.69) is 5.32 Å². The van der Waals surface area contributed by atoms with Crippen molar-refractivity contribution in [3.8, 4) is 0 Å². The van der Waals surface area contributed by atoms with Crippen LogP contribution >= 0.6 is 0 Å². The summed E-state index contributed by atoms with van der Waals surface area (Å²) >= 11 is 0. The molecule has 0 unspecified atom stereocenters. The van der Waals surface area contributed by atoms with Gasteiger partial charge in [0.15, 0.2) is 0 Å². The minimum absolute atomic E-state index is 0.131. The molecule has 208 valence electrons. The molecule has 0 radical (unpaired) electrons. The van der Waals surface area contributed by atoms with E-state index in [0.717, 1.165) is 38.4 Å². The molecular weight excluding hydrogens is 510 g/mol. The van der Waals surface area contributed by atoms with Crippen LogP contribution in [-0.2, 0) is 32.6 Å². The third kappa shape index (κ3) is 7.93. The number of nitrogens with one attached hydrogen (secondary N) is 1. The number of amides is 2. The number of hydrogen-bond acceptors (Lipinski definition) is 4. The van der Waals surface area contributed by atoms with Crippen molar-refractivity contribution in [3.63, 3.8) is 0 Å². The van der Waals surface area contributed by atoms with Crippen LogP contribution in [-0.4, -0.2) is 50.0 Å². The first-order valence-electron chi connectivity index (χ1n) is 13.1. The van der Waals surface area contributed by atoms with E-state index in [9.17, 15) is 18.0 Å². The summed E-state index contributed by atoms with van der Waals surface area (Å²) in [6.07, 6.45) is 1.39. The van der Waals surface area contributed by atoms with E-state index in [4.69, 9.17) is 0 Å². The van der Waals surface area contributed by atoms with Crippen molar-refractivity contribution in [2.75, 3.05) is 17.1 Å². The lowest BCUT2D eigenvalue weighted by Crippen LogP contribution is -2.54. The highest BCUT2D eigenvalue weighted by Gasteiger charge is 2.33. The van der Waals surface area contributed by atoms with Gasteiger partial charge in [-0.3, -0.25) is 13.9 Å². The summed E-state index contributed by atoms with van der Waals surface area (Å²) in [6.45, 7) is 9.18. The molecular formula is C31H39N3O4S. The number of anilines is 1. The second-order valence-corrected chi connectivity index (χ2v) is 12.2. The first-order chi connectivity index (χ1) is 18.4. The molecule has 7 nitrogen and oxygen atoms in total. The second kappa shape index (κ2) is 12.9. The maximum atomic E-state index is 14.1. The number of rotatable bonds is 11. The van der Waals surface area contributed by atoms with E-state index < -0.39 is 28.5 Å². The van der Waals surface area contributed by atoms with Crippen LogP contribution in [0.15, 0.2) is 72.8 Å². The molecule has 3 rings (SSSR count). The van der Waals surface area contributed by atoms with Crippen LogP contribution in [0.25, 0.3) is 0 Å². The summed E-state index contributed by atoms with van der Waals surface area (Å²) in [5.74, 6) is -0.738. The number of carbonyl (C=O) groups is 2. The molecule has 0 saturated carbocycles. The average molecular weight is 550 g/mol. The van der Waals surface area contributed by atoms with Crippen molar-refractivity contribution < 1.29 is 18.0 Å². The van der Waals surface area contributed by atoms with Crippen LogP contribution in [0.3, 0.4) is 0 Å². The van der Waals surface area contributed by atoms with Crippen molar-refractivity contribution in [3.05, 3.63) is 101 Å². The maximum absolute atomic E-state index is 14.1. The first-order valence-corrected chi connectivity index (χ1v) is 15.0. The van der Waals surface area contributed by atoms with Gasteiger partial charge in [-0.2, -0.15) is 0 Å². The molecule has 1 N–H and O–H groups in total. The highest BCUT2D eigenvalue weighted by molar-refractivity contribution is 7.92. The number of benzene rings is 3. The third-order valence-electron chi connectivity index (χ3n) is 6.83. The average Bonchev–Trinajstić information content (AvgIpc) is 2.87. The van der Waals surface area contributed by atoms with E-state index >= 15 is 0 Å². The van der Waals surface area contributed by atoms with Gasteiger partial charge in [0.25, 0.3) is 0 Å². The zero-order valence-electron chi connectivity index (χ0n) is 23.6. The molecule has 0 saturated heterocycles. The van der Waals surface area contributed by atoms with Crippen LogP contribution in [0.4, 0.5) is 5.69 Å². The lowest BCUT2D eigenvalue weighted by molar-refractivity contribution is -0.140. The van der Waals surface area contributed by atoms with Crippen LogP contribution in [0, 0.1) is 20.8 Å². The second-order valence-electron chi connectivity index (χ2n) is 10.3. The van der Waals surface area contributed by atoms with E-state index in [1.165, 1.54) is 4.90 Å². The zero-order chi connectivity index (χ0) is 28.7. The smallest absolute Gasteiger partial charge is 0.244 e. The zero-order valence-corrected chi connectivity index (χ0v) is 24.5. The normalized spacial score (nSPS) is 12.2. The number of hydrogen-bond donors (Lipinski definition) is 1. The quantitative estimate of drug-likeness (QED) is 0.380. The Balaban J connectivity index is 2.09. The standard InChI is InChI=1S/C31H39N3O4S/c1-22(2)32-31(36)29(19-26-15-8-7-9-16-26)33(20-27-17-11-10-13-24(27)4)30(35)21-34(39(6,37)38)28-18-12-14-23(3)25(28)5/h7-18,22,29H,19-21H2,1-6H3,(H,32,36)/t29-/m1/s1. The summed E-state index contributed by atoms with van der Waals surface area (Å²) in [4.78, 5) is 29.3. The van der Waals surface area contributed by atoms with Crippen molar-refractivity contribution in [1.29, 1.82) is 0 Å². The van der Waals surface area contributed by atoms with Gasteiger partial charge in [-0.05, 0) is 68.5 Å². The van der Waals surface area contributed by atoms with Gasteiger partial charge in [-0.15, -0.1) is 0 Å². The van der Waals surface area contributed by atoms with E-state index in [-0.39, 0.29) is 18.5 Å². The molecule has 0 fully saturated rings. The summed E-state index contributed by atoms with van der Waals surface area (Å²) < 4.78 is 27.1. The fourth-order valence-corrected chi connectivity index (χ4v) is 5.41. The maximum Gasteiger partial charge on any atom is 0.244 e. The minimum Gasteiger partial charge on any atom is -0.352 e. The Bertz CT molecular complexity index is 1400. The topological polar surface area (TPSA) is 86.8 Å². The molecule has 0 aromatic heterocycles. The van der Waals surface area contributed by atoms with Gasteiger partial charge in [0.1, 0.15) is 12.6 Å². The number of sulfonamides is 1. The van der Waals surface area contributed by atoms with Crippen LogP contribution in [0.5, 0.6) is 0 Å². The Morgan fingerprint density at radius 3 is 2.08 bits per heavy atom.